The lowest BCUT2D eigenvalue weighted by atomic mass is 10.1. The van der Waals surface area contributed by atoms with Crippen LogP contribution in [0.2, 0.25) is 0 Å². The molecule has 0 saturated heterocycles. The van der Waals surface area contributed by atoms with Crippen molar-refractivity contribution in [2.45, 2.75) is 12.2 Å². The van der Waals surface area contributed by atoms with E-state index in [1.165, 1.54) is 0 Å². The first-order valence-corrected chi connectivity index (χ1v) is 5.06. The molecule has 17 heavy (non-hydrogen) atoms. The van der Waals surface area contributed by atoms with E-state index in [1.54, 1.807) is 24.3 Å². The summed E-state index contributed by atoms with van der Waals surface area (Å²) >= 11 is 0. The van der Waals surface area contributed by atoms with E-state index >= 15 is 0 Å². The van der Waals surface area contributed by atoms with Gasteiger partial charge in [-0.15, -0.1) is 0 Å². The third kappa shape index (κ3) is 2.15. The number of rotatable bonds is 3. The molecule has 1 aromatic carbocycles. The lowest BCUT2D eigenvalue weighted by Crippen LogP contribution is -2.28. The molecule has 0 saturated carbocycles. The number of methoxy groups -OCH3 is 1. The summed E-state index contributed by atoms with van der Waals surface area (Å²) in [6.07, 6.45) is -3.09. The molecule has 5 heteroatoms. The molecule has 0 bridgehead atoms. The minimum Gasteiger partial charge on any atom is -0.467 e. The van der Waals surface area contributed by atoms with Crippen LogP contribution in [-0.2, 0) is 9.53 Å². The summed E-state index contributed by atoms with van der Waals surface area (Å²) in [5.41, 5.74) is 0.582. The van der Waals surface area contributed by atoms with Gasteiger partial charge in [0.25, 0.3) is 0 Å². The first kappa shape index (κ1) is 11.6. The van der Waals surface area contributed by atoms with Crippen molar-refractivity contribution in [2.75, 3.05) is 7.11 Å². The zero-order chi connectivity index (χ0) is 12.4. The molecule has 2 aromatic rings. The number of fused-ring (bicyclic) bond motifs is 1. The number of para-hydroxylation sites is 1. The van der Waals surface area contributed by atoms with E-state index < -0.39 is 18.2 Å². The molecule has 5 nitrogen and oxygen atoms in total. The van der Waals surface area contributed by atoms with Gasteiger partial charge in [0.05, 0.1) is 7.11 Å². The number of aliphatic hydroxyl groups is 2. The van der Waals surface area contributed by atoms with Crippen LogP contribution in [0, 0.1) is 0 Å². The zero-order valence-electron chi connectivity index (χ0n) is 9.16. The molecule has 2 N–H and O–H groups in total. The summed E-state index contributed by atoms with van der Waals surface area (Å²) in [4.78, 5) is 11.1. The van der Waals surface area contributed by atoms with Gasteiger partial charge in [-0.3, -0.25) is 0 Å². The second-order valence-corrected chi connectivity index (χ2v) is 3.60. The van der Waals surface area contributed by atoms with Crippen molar-refractivity contribution in [2.24, 2.45) is 0 Å². The SMILES string of the molecule is COC(=O)C(O)C(O)c1cc2ccccc2o1. The second-order valence-electron chi connectivity index (χ2n) is 3.60. The molecule has 0 radical (unpaired) electrons. The Kier molecular flexibility index (Phi) is 3.12. The smallest absolute Gasteiger partial charge is 0.337 e. The van der Waals surface area contributed by atoms with Crippen LogP contribution in [0.3, 0.4) is 0 Å². The van der Waals surface area contributed by atoms with Gasteiger partial charge in [-0.05, 0) is 12.1 Å². The van der Waals surface area contributed by atoms with Crippen LogP contribution in [-0.4, -0.2) is 29.4 Å². The summed E-state index contributed by atoms with van der Waals surface area (Å²) in [5, 5.41) is 20.0. The first-order valence-electron chi connectivity index (χ1n) is 5.06. The number of esters is 1. The van der Waals surface area contributed by atoms with E-state index in [-0.39, 0.29) is 5.76 Å². The largest absolute Gasteiger partial charge is 0.467 e. The maximum absolute atomic E-state index is 11.1. The quantitative estimate of drug-likeness (QED) is 0.777. The van der Waals surface area contributed by atoms with Crippen molar-refractivity contribution < 1.29 is 24.2 Å². The molecule has 0 aliphatic carbocycles. The van der Waals surface area contributed by atoms with Crippen LogP contribution in [0.15, 0.2) is 34.7 Å². The van der Waals surface area contributed by atoms with E-state index in [0.29, 0.717) is 5.58 Å². The number of furan rings is 1. The van der Waals surface area contributed by atoms with E-state index in [1.807, 2.05) is 6.07 Å². The summed E-state index contributed by atoms with van der Waals surface area (Å²) < 4.78 is 9.67. The fourth-order valence-electron chi connectivity index (χ4n) is 1.55. The third-order valence-electron chi connectivity index (χ3n) is 2.48. The van der Waals surface area contributed by atoms with Gasteiger partial charge in [0, 0.05) is 5.39 Å². The second kappa shape index (κ2) is 4.57. The van der Waals surface area contributed by atoms with E-state index in [2.05, 4.69) is 4.74 Å². The molecule has 90 valence electrons. The Morgan fingerprint density at radius 3 is 2.71 bits per heavy atom. The number of ether oxygens (including phenoxy) is 1. The highest BCUT2D eigenvalue weighted by Gasteiger charge is 2.29. The Morgan fingerprint density at radius 2 is 2.06 bits per heavy atom. The van der Waals surface area contributed by atoms with Gasteiger partial charge >= 0.3 is 5.97 Å². The molecule has 0 amide bonds. The maximum atomic E-state index is 11.1. The lowest BCUT2D eigenvalue weighted by Gasteiger charge is -2.12. The van der Waals surface area contributed by atoms with Crippen LogP contribution in [0.25, 0.3) is 11.0 Å². The number of hydrogen-bond donors (Lipinski definition) is 2. The van der Waals surface area contributed by atoms with Crippen molar-refractivity contribution in [1.82, 2.24) is 0 Å². The Bertz CT molecular complexity index is 497. The normalized spacial score (nSPS) is 14.5. The van der Waals surface area contributed by atoms with Crippen LogP contribution in [0.1, 0.15) is 11.9 Å². The molecule has 2 rings (SSSR count). The topological polar surface area (TPSA) is 79.9 Å². The standard InChI is InChI=1S/C12H12O5/c1-16-12(15)11(14)10(13)9-6-7-4-2-3-5-8(7)17-9/h2-6,10-11,13-14H,1H3. The molecule has 2 unspecified atom stereocenters. The molecular weight excluding hydrogens is 224 g/mol. The summed E-state index contributed by atoms with van der Waals surface area (Å²) in [6.45, 7) is 0. The summed E-state index contributed by atoms with van der Waals surface area (Å²) in [5.74, 6) is -0.776. The summed E-state index contributed by atoms with van der Waals surface area (Å²) in [6, 6.07) is 8.73. The summed E-state index contributed by atoms with van der Waals surface area (Å²) in [7, 11) is 1.14. The Hall–Kier alpha value is -1.85. The van der Waals surface area contributed by atoms with Crippen molar-refractivity contribution in [1.29, 1.82) is 0 Å². The monoisotopic (exact) mass is 236 g/mol. The minimum absolute atomic E-state index is 0.129. The molecule has 1 heterocycles. The van der Waals surface area contributed by atoms with Crippen molar-refractivity contribution in [3.63, 3.8) is 0 Å². The Morgan fingerprint density at radius 1 is 1.35 bits per heavy atom. The number of hydrogen-bond acceptors (Lipinski definition) is 5. The average Bonchev–Trinajstić information content (AvgIpc) is 2.79. The number of carbonyl (C=O) groups is 1. The van der Waals surface area contributed by atoms with Crippen LogP contribution in [0.4, 0.5) is 0 Å². The Labute approximate surface area is 97.2 Å². The fraction of sp³-hybridized carbons (Fsp3) is 0.250. The molecule has 0 fully saturated rings. The predicted octanol–water partition coefficient (Wildman–Crippen LogP) is 1.00. The van der Waals surface area contributed by atoms with Gasteiger partial charge in [0.1, 0.15) is 17.4 Å². The van der Waals surface area contributed by atoms with Gasteiger partial charge in [-0.1, -0.05) is 18.2 Å². The third-order valence-corrected chi connectivity index (χ3v) is 2.48. The zero-order valence-corrected chi connectivity index (χ0v) is 9.16. The molecule has 0 spiro atoms. The Balaban J connectivity index is 2.30. The maximum Gasteiger partial charge on any atom is 0.337 e. The van der Waals surface area contributed by atoms with Gasteiger partial charge < -0.3 is 19.4 Å². The average molecular weight is 236 g/mol. The van der Waals surface area contributed by atoms with Crippen LogP contribution >= 0.6 is 0 Å². The number of benzene rings is 1. The highest BCUT2D eigenvalue weighted by molar-refractivity contribution is 5.79. The van der Waals surface area contributed by atoms with Crippen LogP contribution < -0.4 is 0 Å². The van der Waals surface area contributed by atoms with Gasteiger partial charge in [-0.25, -0.2) is 4.79 Å². The molecule has 2 atom stereocenters. The predicted molar refractivity (Wildman–Crippen MR) is 59.2 cm³/mol. The van der Waals surface area contributed by atoms with Crippen molar-refractivity contribution >= 4 is 16.9 Å². The van der Waals surface area contributed by atoms with E-state index in [4.69, 9.17) is 4.42 Å². The van der Waals surface area contributed by atoms with Gasteiger partial charge in [-0.2, -0.15) is 0 Å². The van der Waals surface area contributed by atoms with E-state index in [9.17, 15) is 15.0 Å². The molecule has 0 aliphatic rings. The number of carbonyl (C=O) groups excluding carboxylic acids is 1. The van der Waals surface area contributed by atoms with E-state index in [0.717, 1.165) is 12.5 Å². The van der Waals surface area contributed by atoms with Gasteiger partial charge in [0.15, 0.2) is 6.10 Å². The fourth-order valence-corrected chi connectivity index (χ4v) is 1.55. The lowest BCUT2D eigenvalue weighted by molar-refractivity contribution is -0.157. The van der Waals surface area contributed by atoms with Crippen molar-refractivity contribution in [3.8, 4) is 0 Å². The minimum atomic E-state index is -1.65. The van der Waals surface area contributed by atoms with Gasteiger partial charge in [0.2, 0.25) is 0 Å². The highest BCUT2D eigenvalue weighted by Crippen LogP contribution is 2.25. The first-order chi connectivity index (χ1) is 8.13. The molecular formula is C12H12O5. The highest BCUT2D eigenvalue weighted by atomic mass is 16.5. The number of aliphatic hydroxyl groups excluding tert-OH is 2. The van der Waals surface area contributed by atoms with Crippen LogP contribution in [0.5, 0.6) is 0 Å². The van der Waals surface area contributed by atoms with Crippen molar-refractivity contribution in [3.05, 3.63) is 36.1 Å². The molecule has 1 aromatic heterocycles. The molecule has 0 aliphatic heterocycles.